The van der Waals surface area contributed by atoms with Crippen molar-refractivity contribution in [3.05, 3.63) is 71.4 Å². The number of allylic oxidation sites excluding steroid dienone is 1. The van der Waals surface area contributed by atoms with E-state index in [2.05, 4.69) is 43.0 Å². The molecule has 4 heteroatoms. The zero-order valence-corrected chi connectivity index (χ0v) is 17.4. The Morgan fingerprint density at radius 2 is 1.86 bits per heavy atom. The first-order valence-electron chi connectivity index (χ1n) is 10.5. The number of rotatable bonds is 6. The zero-order valence-electron chi connectivity index (χ0n) is 17.4. The minimum absolute atomic E-state index is 0.0195. The van der Waals surface area contributed by atoms with Crippen LogP contribution in [0.3, 0.4) is 0 Å². The summed E-state index contributed by atoms with van der Waals surface area (Å²) in [6.07, 6.45) is 6.57. The van der Waals surface area contributed by atoms with Gasteiger partial charge >= 0.3 is 0 Å². The van der Waals surface area contributed by atoms with Crippen LogP contribution < -0.4 is 9.47 Å². The van der Waals surface area contributed by atoms with E-state index in [1.54, 1.807) is 13.2 Å². The second kappa shape index (κ2) is 8.32. The number of ether oxygens (including phenoxy) is 2. The Hall–Kier alpha value is -2.75. The van der Waals surface area contributed by atoms with E-state index < -0.39 is 0 Å². The topological polar surface area (TPSA) is 38.8 Å². The summed E-state index contributed by atoms with van der Waals surface area (Å²) >= 11 is 0. The molecule has 152 valence electrons. The second-order valence-corrected chi connectivity index (χ2v) is 7.87. The van der Waals surface area contributed by atoms with E-state index in [0.29, 0.717) is 12.6 Å². The van der Waals surface area contributed by atoms with Crippen LogP contribution in [0.5, 0.6) is 11.5 Å². The van der Waals surface area contributed by atoms with Crippen LogP contribution in [0.4, 0.5) is 0 Å². The summed E-state index contributed by atoms with van der Waals surface area (Å²) in [4.78, 5) is 15.0. The van der Waals surface area contributed by atoms with Gasteiger partial charge in [0.25, 0.3) is 0 Å². The molecule has 0 N–H and O–H groups in total. The van der Waals surface area contributed by atoms with Crippen molar-refractivity contribution < 1.29 is 14.3 Å². The maximum atomic E-state index is 12.6. The minimum atomic E-state index is -0.0195. The van der Waals surface area contributed by atoms with E-state index >= 15 is 0 Å². The van der Waals surface area contributed by atoms with Crippen molar-refractivity contribution in [1.82, 2.24) is 4.90 Å². The van der Waals surface area contributed by atoms with Crippen LogP contribution in [0, 0.1) is 5.92 Å². The Morgan fingerprint density at radius 3 is 2.55 bits per heavy atom. The molecule has 0 saturated heterocycles. The molecule has 0 amide bonds. The fourth-order valence-electron chi connectivity index (χ4n) is 4.68. The SMILES string of the molecule is CCC1C(=O)C=CN2C(CC)Cc3cc(OCc4ccccc4)c(OC)cc3C12. The third-order valence-electron chi connectivity index (χ3n) is 6.25. The molecule has 0 bridgehead atoms. The van der Waals surface area contributed by atoms with E-state index in [0.717, 1.165) is 36.3 Å². The highest BCUT2D eigenvalue weighted by Crippen LogP contribution is 2.46. The molecule has 0 saturated carbocycles. The lowest BCUT2D eigenvalue weighted by atomic mass is 9.77. The summed E-state index contributed by atoms with van der Waals surface area (Å²) in [5, 5.41) is 0. The van der Waals surface area contributed by atoms with Gasteiger partial charge in [-0.25, -0.2) is 0 Å². The van der Waals surface area contributed by atoms with Crippen LogP contribution in [0.25, 0.3) is 0 Å². The summed E-state index contributed by atoms with van der Waals surface area (Å²) in [7, 11) is 1.68. The third kappa shape index (κ3) is 3.64. The highest BCUT2D eigenvalue weighted by Gasteiger charge is 2.41. The van der Waals surface area contributed by atoms with Crippen LogP contribution in [0.15, 0.2) is 54.7 Å². The van der Waals surface area contributed by atoms with Crippen molar-refractivity contribution in [3.63, 3.8) is 0 Å². The number of nitrogens with zero attached hydrogens (tertiary/aromatic N) is 1. The van der Waals surface area contributed by atoms with E-state index in [9.17, 15) is 4.79 Å². The molecule has 4 rings (SSSR count). The van der Waals surface area contributed by atoms with E-state index in [1.807, 2.05) is 24.4 Å². The average Bonchev–Trinajstić information content (AvgIpc) is 2.76. The van der Waals surface area contributed by atoms with E-state index in [1.165, 1.54) is 11.1 Å². The van der Waals surface area contributed by atoms with Crippen molar-refractivity contribution in [3.8, 4) is 11.5 Å². The Bertz CT molecular complexity index is 906. The van der Waals surface area contributed by atoms with Crippen LogP contribution >= 0.6 is 0 Å². The molecule has 0 spiro atoms. The molecule has 0 fully saturated rings. The van der Waals surface area contributed by atoms with Crippen molar-refractivity contribution in [2.45, 2.75) is 51.8 Å². The first kappa shape index (κ1) is 19.6. The highest BCUT2D eigenvalue weighted by atomic mass is 16.5. The molecule has 2 heterocycles. The minimum Gasteiger partial charge on any atom is -0.493 e. The zero-order chi connectivity index (χ0) is 20.4. The standard InChI is InChI=1S/C25H29NO3/c1-4-19-13-18-14-24(29-16-17-9-7-6-8-10-17)23(28-3)15-21(18)25-20(5-2)22(27)11-12-26(19)25/h6-12,14-15,19-20,25H,4-5,13,16H2,1-3H3. The van der Waals surface area contributed by atoms with E-state index in [-0.39, 0.29) is 17.7 Å². The molecule has 2 aliphatic heterocycles. The summed E-state index contributed by atoms with van der Waals surface area (Å²) in [6.45, 7) is 4.82. The Kier molecular flexibility index (Phi) is 5.61. The van der Waals surface area contributed by atoms with Gasteiger partial charge in [0, 0.05) is 18.2 Å². The lowest BCUT2D eigenvalue weighted by Gasteiger charge is -2.47. The Balaban J connectivity index is 1.71. The molecule has 2 aromatic rings. The summed E-state index contributed by atoms with van der Waals surface area (Å²) in [5.41, 5.74) is 3.59. The fraction of sp³-hybridized carbons (Fsp3) is 0.400. The lowest BCUT2D eigenvalue weighted by Crippen LogP contribution is -2.46. The Labute approximate surface area is 173 Å². The van der Waals surface area contributed by atoms with Crippen molar-refractivity contribution in [2.24, 2.45) is 5.92 Å². The number of hydrogen-bond acceptors (Lipinski definition) is 4. The third-order valence-corrected chi connectivity index (χ3v) is 6.25. The number of carbonyl (C=O) groups is 1. The fourth-order valence-corrected chi connectivity index (χ4v) is 4.68. The summed E-state index contributed by atoms with van der Waals surface area (Å²) in [5.74, 6) is 1.70. The predicted octanol–water partition coefficient (Wildman–Crippen LogP) is 5.07. The largest absolute Gasteiger partial charge is 0.493 e. The monoisotopic (exact) mass is 391 g/mol. The first-order chi connectivity index (χ1) is 14.2. The number of hydrogen-bond donors (Lipinski definition) is 0. The van der Waals surface area contributed by atoms with Gasteiger partial charge in [-0.2, -0.15) is 0 Å². The molecule has 3 unspecified atom stereocenters. The lowest BCUT2D eigenvalue weighted by molar-refractivity contribution is -0.122. The normalized spacial score (nSPS) is 22.8. The molecule has 0 aliphatic carbocycles. The number of fused-ring (bicyclic) bond motifs is 3. The van der Waals surface area contributed by atoms with Crippen LogP contribution in [0.1, 0.15) is 49.4 Å². The molecule has 3 atom stereocenters. The molecule has 2 aliphatic rings. The number of carbonyl (C=O) groups excluding carboxylic acids is 1. The summed E-state index contributed by atoms with van der Waals surface area (Å²) in [6, 6.07) is 14.8. The van der Waals surface area contributed by atoms with Gasteiger partial charge in [-0.1, -0.05) is 44.2 Å². The molecule has 29 heavy (non-hydrogen) atoms. The molecule has 2 aromatic carbocycles. The maximum Gasteiger partial charge on any atom is 0.162 e. The maximum absolute atomic E-state index is 12.6. The molecular formula is C25H29NO3. The molecule has 4 nitrogen and oxygen atoms in total. The van der Waals surface area contributed by atoms with Crippen LogP contribution in [0.2, 0.25) is 0 Å². The van der Waals surface area contributed by atoms with Gasteiger partial charge in [0.1, 0.15) is 6.61 Å². The molecular weight excluding hydrogens is 362 g/mol. The van der Waals surface area contributed by atoms with Gasteiger partial charge in [-0.15, -0.1) is 0 Å². The highest BCUT2D eigenvalue weighted by molar-refractivity contribution is 5.93. The van der Waals surface area contributed by atoms with Gasteiger partial charge in [0.05, 0.1) is 13.2 Å². The smallest absolute Gasteiger partial charge is 0.162 e. The van der Waals surface area contributed by atoms with Crippen LogP contribution in [-0.2, 0) is 17.8 Å². The van der Waals surface area contributed by atoms with Crippen molar-refractivity contribution >= 4 is 5.78 Å². The number of benzene rings is 2. The number of ketones is 1. The molecule has 0 radical (unpaired) electrons. The average molecular weight is 392 g/mol. The first-order valence-corrected chi connectivity index (χ1v) is 10.5. The van der Waals surface area contributed by atoms with E-state index in [4.69, 9.17) is 9.47 Å². The van der Waals surface area contributed by atoms with Gasteiger partial charge in [0.2, 0.25) is 0 Å². The van der Waals surface area contributed by atoms with Gasteiger partial charge < -0.3 is 14.4 Å². The van der Waals surface area contributed by atoms with Crippen molar-refractivity contribution in [1.29, 1.82) is 0 Å². The number of methoxy groups -OCH3 is 1. The van der Waals surface area contributed by atoms with Gasteiger partial charge in [0.15, 0.2) is 17.3 Å². The van der Waals surface area contributed by atoms with Crippen LogP contribution in [-0.4, -0.2) is 23.8 Å². The molecule has 0 aromatic heterocycles. The van der Waals surface area contributed by atoms with Crippen molar-refractivity contribution in [2.75, 3.05) is 7.11 Å². The second-order valence-electron chi connectivity index (χ2n) is 7.87. The quantitative estimate of drug-likeness (QED) is 0.689. The Morgan fingerprint density at radius 1 is 1.07 bits per heavy atom. The van der Waals surface area contributed by atoms with Gasteiger partial charge in [-0.05, 0) is 54.2 Å². The van der Waals surface area contributed by atoms with Gasteiger partial charge in [-0.3, -0.25) is 4.79 Å². The predicted molar refractivity (Wildman–Crippen MR) is 114 cm³/mol. The summed E-state index contributed by atoms with van der Waals surface area (Å²) < 4.78 is 11.8.